The molecule has 1 amide bonds. The molecule has 0 atom stereocenters. The van der Waals surface area contributed by atoms with Crippen LogP contribution in [0.25, 0.3) is 0 Å². The highest BCUT2D eigenvalue weighted by atomic mass is 35.5. The van der Waals surface area contributed by atoms with Crippen molar-refractivity contribution in [1.29, 1.82) is 0 Å². The molecule has 0 saturated carbocycles. The first-order valence-electron chi connectivity index (χ1n) is 8.26. The Balaban J connectivity index is 1.59. The Bertz CT molecular complexity index is 686. The first-order chi connectivity index (χ1) is 12.1. The van der Waals surface area contributed by atoms with Crippen LogP contribution >= 0.6 is 11.6 Å². The van der Waals surface area contributed by atoms with Crippen molar-refractivity contribution in [2.75, 3.05) is 18.4 Å². The van der Waals surface area contributed by atoms with Gasteiger partial charge in [-0.3, -0.25) is 9.79 Å². The number of carbonyl (C=O) groups excluding carboxylic acids is 1. The van der Waals surface area contributed by atoms with Crippen molar-refractivity contribution in [2.24, 2.45) is 10.7 Å². The molecule has 2 rings (SSSR count). The van der Waals surface area contributed by atoms with E-state index < -0.39 is 0 Å². The summed E-state index contributed by atoms with van der Waals surface area (Å²) in [5, 5.41) is 6.54. The maximum atomic E-state index is 11.8. The van der Waals surface area contributed by atoms with Gasteiger partial charge < -0.3 is 16.4 Å². The average molecular weight is 359 g/mol. The molecule has 0 aromatic heterocycles. The zero-order valence-electron chi connectivity index (χ0n) is 14.0. The van der Waals surface area contributed by atoms with Crippen molar-refractivity contribution in [1.82, 2.24) is 5.32 Å². The molecule has 2 aromatic carbocycles. The molecule has 0 heterocycles. The lowest BCUT2D eigenvalue weighted by molar-refractivity contribution is -0.116. The number of hydrogen-bond acceptors (Lipinski definition) is 2. The van der Waals surface area contributed by atoms with Crippen LogP contribution in [0, 0.1) is 0 Å². The summed E-state index contributed by atoms with van der Waals surface area (Å²) in [7, 11) is 0. The van der Waals surface area contributed by atoms with E-state index in [4.69, 9.17) is 17.3 Å². The van der Waals surface area contributed by atoms with E-state index in [9.17, 15) is 4.79 Å². The molecule has 0 aliphatic carbocycles. The number of benzene rings is 2. The molecule has 0 aliphatic rings. The number of amides is 1. The number of halogens is 1. The lowest BCUT2D eigenvalue weighted by Crippen LogP contribution is -2.33. The van der Waals surface area contributed by atoms with Crippen LogP contribution in [0.5, 0.6) is 0 Å². The Morgan fingerprint density at radius 2 is 1.80 bits per heavy atom. The molecule has 6 heteroatoms. The highest BCUT2D eigenvalue weighted by molar-refractivity contribution is 6.30. The fraction of sp³-hybridized carbons (Fsp3) is 0.263. The van der Waals surface area contributed by atoms with E-state index >= 15 is 0 Å². The maximum Gasteiger partial charge on any atom is 0.224 e. The van der Waals surface area contributed by atoms with Gasteiger partial charge in [-0.15, -0.1) is 0 Å². The number of aliphatic imine (C=N–C) groups is 1. The van der Waals surface area contributed by atoms with E-state index in [1.165, 1.54) is 5.56 Å². The highest BCUT2D eigenvalue weighted by Crippen LogP contribution is 2.13. The van der Waals surface area contributed by atoms with Crippen molar-refractivity contribution in [3.63, 3.8) is 0 Å². The van der Waals surface area contributed by atoms with Gasteiger partial charge in [0, 0.05) is 30.2 Å². The molecule has 0 unspecified atom stereocenters. The summed E-state index contributed by atoms with van der Waals surface area (Å²) in [6, 6.07) is 17.2. The topological polar surface area (TPSA) is 79.5 Å². The second kappa shape index (κ2) is 10.4. The summed E-state index contributed by atoms with van der Waals surface area (Å²) in [6.45, 7) is 1.24. The summed E-state index contributed by atoms with van der Waals surface area (Å²) in [4.78, 5) is 16.1. The van der Waals surface area contributed by atoms with Crippen LogP contribution in [0.2, 0.25) is 5.02 Å². The Morgan fingerprint density at radius 1 is 1.08 bits per heavy atom. The molecule has 0 spiro atoms. The summed E-state index contributed by atoms with van der Waals surface area (Å²) < 4.78 is 0. The SMILES string of the molecule is NC(=NCCCC(=O)Nc1ccc(Cl)cc1)NCCc1ccccc1. The van der Waals surface area contributed by atoms with Gasteiger partial charge in [-0.05, 0) is 42.7 Å². The van der Waals surface area contributed by atoms with Gasteiger partial charge in [0.1, 0.15) is 0 Å². The fourth-order valence-electron chi connectivity index (χ4n) is 2.23. The number of rotatable bonds is 8. The minimum absolute atomic E-state index is 0.0480. The van der Waals surface area contributed by atoms with E-state index in [0.717, 1.165) is 18.7 Å². The predicted octanol–water partition coefficient (Wildman–Crippen LogP) is 3.21. The van der Waals surface area contributed by atoms with Gasteiger partial charge in [-0.2, -0.15) is 0 Å². The molecular weight excluding hydrogens is 336 g/mol. The van der Waals surface area contributed by atoms with Gasteiger partial charge in [-0.1, -0.05) is 41.9 Å². The Hall–Kier alpha value is -2.53. The van der Waals surface area contributed by atoms with E-state index in [0.29, 0.717) is 30.4 Å². The van der Waals surface area contributed by atoms with Crippen molar-refractivity contribution in [3.05, 3.63) is 65.2 Å². The molecule has 0 saturated heterocycles. The van der Waals surface area contributed by atoms with Crippen molar-refractivity contribution >= 4 is 29.2 Å². The Morgan fingerprint density at radius 3 is 2.52 bits per heavy atom. The molecule has 0 aliphatic heterocycles. The van der Waals surface area contributed by atoms with Gasteiger partial charge >= 0.3 is 0 Å². The van der Waals surface area contributed by atoms with E-state index in [2.05, 4.69) is 27.8 Å². The second-order valence-corrected chi connectivity index (χ2v) is 6.02. The van der Waals surface area contributed by atoms with Crippen LogP contribution in [0.4, 0.5) is 5.69 Å². The largest absolute Gasteiger partial charge is 0.370 e. The number of hydrogen-bond donors (Lipinski definition) is 3. The third-order valence-electron chi connectivity index (χ3n) is 3.53. The van der Waals surface area contributed by atoms with Crippen molar-refractivity contribution in [2.45, 2.75) is 19.3 Å². The molecule has 132 valence electrons. The minimum Gasteiger partial charge on any atom is -0.370 e. The van der Waals surface area contributed by atoms with E-state index in [1.807, 2.05) is 18.2 Å². The summed E-state index contributed by atoms with van der Waals surface area (Å²) in [5.41, 5.74) is 7.81. The number of nitrogens with one attached hydrogen (secondary N) is 2. The number of guanidine groups is 1. The quantitative estimate of drug-likeness (QED) is 0.385. The van der Waals surface area contributed by atoms with Crippen LogP contribution < -0.4 is 16.4 Å². The first-order valence-corrected chi connectivity index (χ1v) is 8.64. The standard InChI is InChI=1S/C19H23ClN4O/c20-16-8-10-17(11-9-16)24-18(25)7-4-13-22-19(21)23-14-12-15-5-2-1-3-6-15/h1-3,5-6,8-11H,4,7,12-14H2,(H,24,25)(H3,21,22,23). The monoisotopic (exact) mass is 358 g/mol. The summed E-state index contributed by atoms with van der Waals surface area (Å²) in [6.07, 6.45) is 1.92. The summed E-state index contributed by atoms with van der Waals surface area (Å²) >= 11 is 5.81. The molecule has 4 N–H and O–H groups in total. The van der Waals surface area contributed by atoms with Crippen LogP contribution in [0.1, 0.15) is 18.4 Å². The van der Waals surface area contributed by atoms with Crippen LogP contribution in [0.15, 0.2) is 59.6 Å². The number of nitrogens with two attached hydrogens (primary N) is 1. The maximum absolute atomic E-state index is 11.8. The van der Waals surface area contributed by atoms with Crippen molar-refractivity contribution in [3.8, 4) is 0 Å². The molecular formula is C19H23ClN4O. The number of anilines is 1. The summed E-state index contributed by atoms with van der Waals surface area (Å²) in [5.74, 6) is 0.363. The minimum atomic E-state index is -0.0480. The van der Waals surface area contributed by atoms with Gasteiger partial charge in [0.05, 0.1) is 0 Å². The van der Waals surface area contributed by atoms with Gasteiger partial charge in [0.25, 0.3) is 0 Å². The molecule has 0 bridgehead atoms. The average Bonchev–Trinajstić information content (AvgIpc) is 2.62. The molecule has 2 aromatic rings. The van der Waals surface area contributed by atoms with Crippen LogP contribution in [0.3, 0.4) is 0 Å². The normalized spacial score (nSPS) is 11.2. The Kier molecular flexibility index (Phi) is 7.79. The number of carbonyl (C=O) groups is 1. The molecule has 0 fully saturated rings. The third kappa shape index (κ3) is 7.72. The highest BCUT2D eigenvalue weighted by Gasteiger charge is 2.02. The second-order valence-electron chi connectivity index (χ2n) is 5.59. The smallest absolute Gasteiger partial charge is 0.224 e. The first kappa shape index (κ1) is 18.8. The predicted molar refractivity (Wildman–Crippen MR) is 104 cm³/mol. The Labute approximate surface area is 153 Å². The lowest BCUT2D eigenvalue weighted by atomic mass is 10.1. The number of nitrogens with zero attached hydrogens (tertiary/aromatic N) is 1. The van der Waals surface area contributed by atoms with E-state index in [1.54, 1.807) is 24.3 Å². The van der Waals surface area contributed by atoms with Crippen LogP contribution in [-0.4, -0.2) is 25.0 Å². The lowest BCUT2D eigenvalue weighted by Gasteiger charge is -2.06. The third-order valence-corrected chi connectivity index (χ3v) is 3.79. The zero-order valence-corrected chi connectivity index (χ0v) is 14.8. The zero-order chi connectivity index (χ0) is 17.9. The van der Waals surface area contributed by atoms with Gasteiger partial charge in [-0.25, -0.2) is 0 Å². The fourth-order valence-corrected chi connectivity index (χ4v) is 2.36. The molecule has 5 nitrogen and oxygen atoms in total. The van der Waals surface area contributed by atoms with Gasteiger partial charge in [0.2, 0.25) is 5.91 Å². The molecule has 25 heavy (non-hydrogen) atoms. The van der Waals surface area contributed by atoms with Gasteiger partial charge in [0.15, 0.2) is 5.96 Å². The van der Waals surface area contributed by atoms with Crippen molar-refractivity contribution < 1.29 is 4.79 Å². The van der Waals surface area contributed by atoms with E-state index in [-0.39, 0.29) is 5.91 Å². The van der Waals surface area contributed by atoms with Crippen LogP contribution in [-0.2, 0) is 11.2 Å². The molecule has 0 radical (unpaired) electrons.